The zero-order valence-electron chi connectivity index (χ0n) is 25.2. The number of aromatic nitrogens is 2. The minimum Gasteiger partial charge on any atom is -0.383 e. The zero-order valence-corrected chi connectivity index (χ0v) is 26.1. The first kappa shape index (κ1) is 36.4. The lowest BCUT2D eigenvalue weighted by Crippen LogP contribution is -2.35. The van der Waals surface area contributed by atoms with Gasteiger partial charge in [0.05, 0.1) is 19.3 Å². The van der Waals surface area contributed by atoms with Gasteiger partial charge in [-0.1, -0.05) is 116 Å². The average Bonchev–Trinajstić information content (AvgIpc) is 3.26. The molecule has 10 nitrogen and oxygen atoms in total. The fraction of sp³-hybridized carbons (Fsp3) is 0.862. The highest BCUT2D eigenvalue weighted by atomic mass is 31.2. The molecule has 0 aliphatic carbocycles. The van der Waals surface area contributed by atoms with E-state index in [1.807, 2.05) is 0 Å². The first-order valence-electron chi connectivity index (χ1n) is 15.8. The number of unbranched alkanes of at least 4 members (excludes halogenated alkanes) is 17. The summed E-state index contributed by atoms with van der Waals surface area (Å²) in [7, 11) is -4.35. The lowest BCUT2D eigenvalue weighted by atomic mass is 10.0. The van der Waals surface area contributed by atoms with Crippen molar-refractivity contribution in [1.82, 2.24) is 9.55 Å². The number of nitrogens with zero attached hydrogens (tertiary/aromatic N) is 3. The summed E-state index contributed by atoms with van der Waals surface area (Å²) in [4.78, 5) is 29.0. The number of halogens is 2. The van der Waals surface area contributed by atoms with Crippen LogP contribution in [0.5, 0.6) is 0 Å². The fourth-order valence-corrected chi connectivity index (χ4v) is 6.03. The molecule has 2 N–H and O–H groups in total. The van der Waals surface area contributed by atoms with Gasteiger partial charge in [-0.3, -0.25) is 13.6 Å². The van der Waals surface area contributed by atoms with E-state index in [4.69, 9.17) is 19.5 Å². The van der Waals surface area contributed by atoms with Crippen LogP contribution >= 0.6 is 7.75 Å². The largest absolute Gasteiger partial charge is 0.489 e. The summed E-state index contributed by atoms with van der Waals surface area (Å²) in [6, 6.07) is 1.20. The maximum atomic E-state index is 14.5. The highest BCUT2D eigenvalue weighted by Gasteiger charge is 2.52. The zero-order chi connectivity index (χ0) is 30.7. The first-order valence-corrected chi connectivity index (χ1v) is 17.3. The van der Waals surface area contributed by atoms with Crippen LogP contribution in [0.1, 0.15) is 135 Å². The standard InChI is InChI=1S/C29H51F2N4O6P/c1-2-3-4-5-6-7-8-9-10-11-12-13-14-15-16-17-18-19-22-39-42(38,34-37)40-24-25-23-29(30,31)27(41-25)35-21-20-26(32)33-28(35)36/h20-21,25,27H,2-19,22-24H2,1H3,(H2,32,33,36)/t25-,27+,42?/m0/s1. The lowest BCUT2D eigenvalue weighted by Gasteiger charge is -2.19. The molecule has 2 heterocycles. The van der Waals surface area contributed by atoms with Crippen LogP contribution in [0.2, 0.25) is 0 Å². The molecule has 1 unspecified atom stereocenters. The smallest absolute Gasteiger partial charge is 0.383 e. The van der Waals surface area contributed by atoms with Crippen molar-refractivity contribution in [3.63, 3.8) is 0 Å². The van der Waals surface area contributed by atoms with Crippen LogP contribution in [0.25, 0.3) is 0 Å². The van der Waals surface area contributed by atoms with Gasteiger partial charge < -0.3 is 10.5 Å². The minimum absolute atomic E-state index is 0.0125. The van der Waals surface area contributed by atoms with Crippen LogP contribution in [-0.2, 0) is 18.3 Å². The van der Waals surface area contributed by atoms with Gasteiger partial charge >= 0.3 is 13.4 Å². The van der Waals surface area contributed by atoms with Crippen LogP contribution in [0.15, 0.2) is 22.0 Å². The van der Waals surface area contributed by atoms with Crippen molar-refractivity contribution in [2.75, 3.05) is 18.9 Å². The van der Waals surface area contributed by atoms with E-state index in [0.717, 1.165) is 25.5 Å². The van der Waals surface area contributed by atoms with Crippen molar-refractivity contribution < 1.29 is 27.1 Å². The molecule has 1 aromatic heterocycles. The van der Waals surface area contributed by atoms with E-state index in [-0.39, 0.29) is 12.4 Å². The Morgan fingerprint density at radius 2 is 1.45 bits per heavy atom. The van der Waals surface area contributed by atoms with Crippen LogP contribution in [0, 0.1) is 4.91 Å². The van der Waals surface area contributed by atoms with Gasteiger partial charge in [0.1, 0.15) is 5.82 Å². The average molecular weight is 621 g/mol. The third-order valence-corrected chi connectivity index (χ3v) is 8.75. The number of nitrogens with two attached hydrogens (primary N) is 1. The molecule has 1 fully saturated rings. The summed E-state index contributed by atoms with van der Waals surface area (Å²) in [5.41, 5.74) is 4.41. The topological polar surface area (TPSA) is 135 Å². The molecule has 0 amide bonds. The Labute approximate surface area is 249 Å². The van der Waals surface area contributed by atoms with E-state index in [9.17, 15) is 23.0 Å². The normalized spacial score (nSPS) is 19.6. The summed E-state index contributed by atoms with van der Waals surface area (Å²) in [5.74, 6) is -3.54. The Bertz CT molecular complexity index is 999. The van der Waals surface area contributed by atoms with Gasteiger partial charge in [0.25, 0.3) is 5.92 Å². The van der Waals surface area contributed by atoms with Crippen molar-refractivity contribution in [3.8, 4) is 0 Å². The summed E-state index contributed by atoms with van der Waals surface area (Å²) in [5, 5.41) is 0. The molecule has 0 radical (unpaired) electrons. The molecular formula is C29H51F2N4O6P. The highest BCUT2D eigenvalue weighted by Crippen LogP contribution is 2.51. The Hall–Kier alpha value is -1.75. The molecule has 3 atom stereocenters. The van der Waals surface area contributed by atoms with Crippen LogP contribution in [0.4, 0.5) is 14.6 Å². The van der Waals surface area contributed by atoms with Gasteiger partial charge in [0, 0.05) is 17.6 Å². The SMILES string of the molecule is CCCCCCCCCCCCCCCCCCCCOP(=O)(N=O)OC[C@@H]1CC(F)(F)[C@H](n2ccc(N)nc2=O)O1. The second kappa shape index (κ2) is 20.3. The number of hydrogen-bond donors (Lipinski definition) is 1. The molecule has 2 rings (SSSR count). The molecule has 1 aliphatic heterocycles. The highest BCUT2D eigenvalue weighted by molar-refractivity contribution is 7.52. The molecule has 1 aromatic rings. The quantitative estimate of drug-likeness (QED) is 0.0651. The number of alkyl halides is 2. The molecule has 242 valence electrons. The summed E-state index contributed by atoms with van der Waals surface area (Å²) in [6.07, 6.45) is 19.3. The number of ether oxygens (including phenoxy) is 1. The molecule has 1 aliphatic rings. The number of hydrogen-bond acceptors (Lipinski definition) is 8. The van der Waals surface area contributed by atoms with Gasteiger partial charge in [-0.25, -0.2) is 18.1 Å². The minimum atomic E-state index is -4.35. The van der Waals surface area contributed by atoms with Crippen molar-refractivity contribution in [2.24, 2.45) is 4.95 Å². The van der Waals surface area contributed by atoms with Crippen LogP contribution in [0.3, 0.4) is 0 Å². The second-order valence-corrected chi connectivity index (χ2v) is 12.9. The third-order valence-electron chi connectivity index (χ3n) is 7.56. The number of rotatable bonds is 25. The van der Waals surface area contributed by atoms with Crippen molar-refractivity contribution in [3.05, 3.63) is 27.7 Å². The van der Waals surface area contributed by atoms with E-state index >= 15 is 0 Å². The maximum Gasteiger partial charge on any atom is 0.489 e. The molecule has 42 heavy (non-hydrogen) atoms. The van der Waals surface area contributed by atoms with Crippen molar-refractivity contribution >= 4 is 13.6 Å². The number of nitrogen functional groups attached to an aromatic ring is 1. The van der Waals surface area contributed by atoms with E-state index in [0.29, 0.717) is 11.0 Å². The molecule has 0 aromatic carbocycles. The van der Waals surface area contributed by atoms with Gasteiger partial charge in [-0.15, -0.1) is 4.91 Å². The van der Waals surface area contributed by atoms with Gasteiger partial charge in [0.15, 0.2) is 0 Å². The molecule has 13 heteroatoms. The first-order chi connectivity index (χ1) is 20.2. The Morgan fingerprint density at radius 3 is 1.93 bits per heavy atom. The van der Waals surface area contributed by atoms with E-state index < -0.39 is 44.7 Å². The summed E-state index contributed by atoms with van der Waals surface area (Å²) >= 11 is 0. The maximum absolute atomic E-state index is 14.5. The summed E-state index contributed by atoms with van der Waals surface area (Å²) in [6.45, 7) is 1.66. The molecular weight excluding hydrogens is 569 g/mol. The van der Waals surface area contributed by atoms with Gasteiger partial charge in [-0.05, 0) is 12.5 Å². The Balaban J connectivity index is 1.48. The van der Waals surface area contributed by atoms with E-state index in [1.165, 1.54) is 96.0 Å². The predicted molar refractivity (Wildman–Crippen MR) is 160 cm³/mol. The van der Waals surface area contributed by atoms with Gasteiger partial charge in [0.2, 0.25) is 6.23 Å². The van der Waals surface area contributed by atoms with Crippen molar-refractivity contribution in [1.29, 1.82) is 0 Å². The summed E-state index contributed by atoms with van der Waals surface area (Å²) < 4.78 is 57.4. The third kappa shape index (κ3) is 14.1. The Morgan fingerprint density at radius 1 is 0.952 bits per heavy atom. The predicted octanol–water partition coefficient (Wildman–Crippen LogP) is 8.70. The monoisotopic (exact) mass is 620 g/mol. The second-order valence-electron chi connectivity index (χ2n) is 11.3. The van der Waals surface area contributed by atoms with Gasteiger partial charge in [-0.2, -0.15) is 4.98 Å². The molecule has 1 saturated heterocycles. The van der Waals surface area contributed by atoms with E-state index in [2.05, 4.69) is 16.9 Å². The van der Waals surface area contributed by atoms with Crippen LogP contribution < -0.4 is 11.4 Å². The van der Waals surface area contributed by atoms with Crippen LogP contribution in [-0.4, -0.2) is 34.8 Å². The fourth-order valence-electron chi connectivity index (χ4n) is 5.15. The van der Waals surface area contributed by atoms with E-state index in [1.54, 1.807) is 0 Å². The van der Waals surface area contributed by atoms with Crippen molar-refractivity contribution in [2.45, 2.75) is 147 Å². The molecule has 0 saturated carbocycles. The molecule has 0 bridgehead atoms. The number of nitroso groups, excluding NO2 is 1. The number of anilines is 1. The Kier molecular flexibility index (Phi) is 17.6. The molecule has 0 spiro atoms. The lowest BCUT2D eigenvalue weighted by molar-refractivity contribution is -0.119.